The van der Waals surface area contributed by atoms with Crippen molar-refractivity contribution in [2.24, 2.45) is 0 Å². The minimum absolute atomic E-state index is 0.0273. The number of carbonyl (C=O) groups is 2. The zero-order valence-corrected chi connectivity index (χ0v) is 18.0. The van der Waals surface area contributed by atoms with Gasteiger partial charge in [0, 0.05) is 22.5 Å². The summed E-state index contributed by atoms with van der Waals surface area (Å²) >= 11 is 0. The van der Waals surface area contributed by atoms with Crippen LogP contribution in [0.15, 0.2) is 36.4 Å². The Labute approximate surface area is 176 Å². The number of amides is 1. The number of hydrogen-bond acceptors (Lipinski definition) is 3. The molecule has 1 aromatic heterocycles. The van der Waals surface area contributed by atoms with E-state index in [1.807, 2.05) is 75.7 Å². The molecular weight excluding hydrogens is 378 g/mol. The normalized spacial score (nSPS) is 10.8. The first-order valence-electron chi connectivity index (χ1n) is 9.88. The van der Waals surface area contributed by atoms with Gasteiger partial charge < -0.3 is 10.4 Å². The minimum atomic E-state index is -0.861. The molecular formula is C24H27N3O3. The van der Waals surface area contributed by atoms with Gasteiger partial charge in [0.15, 0.2) is 0 Å². The Morgan fingerprint density at radius 3 is 2.17 bits per heavy atom. The Morgan fingerprint density at radius 2 is 1.60 bits per heavy atom. The van der Waals surface area contributed by atoms with Gasteiger partial charge in [0.1, 0.15) is 0 Å². The zero-order chi connectivity index (χ0) is 22.0. The number of benzene rings is 2. The third-order valence-electron chi connectivity index (χ3n) is 5.31. The fourth-order valence-corrected chi connectivity index (χ4v) is 3.89. The van der Waals surface area contributed by atoms with Crippen LogP contribution in [0.5, 0.6) is 0 Å². The van der Waals surface area contributed by atoms with E-state index in [4.69, 9.17) is 5.11 Å². The van der Waals surface area contributed by atoms with Gasteiger partial charge >= 0.3 is 5.97 Å². The summed E-state index contributed by atoms with van der Waals surface area (Å²) in [5, 5.41) is 16.5. The summed E-state index contributed by atoms with van der Waals surface area (Å²) in [5.74, 6) is -0.977. The molecule has 30 heavy (non-hydrogen) atoms. The lowest BCUT2D eigenvalue weighted by Gasteiger charge is -2.12. The number of rotatable bonds is 6. The molecule has 3 aromatic rings. The van der Waals surface area contributed by atoms with Crippen LogP contribution in [0.2, 0.25) is 0 Å². The number of nitrogens with zero attached hydrogens (tertiary/aromatic N) is 2. The maximum absolute atomic E-state index is 12.7. The number of carbonyl (C=O) groups excluding carboxylic acids is 1. The third kappa shape index (κ3) is 4.59. The van der Waals surface area contributed by atoms with E-state index >= 15 is 0 Å². The molecule has 0 aliphatic carbocycles. The van der Waals surface area contributed by atoms with E-state index in [9.17, 15) is 9.59 Å². The lowest BCUT2D eigenvalue weighted by Crippen LogP contribution is -2.15. The summed E-state index contributed by atoms with van der Waals surface area (Å²) in [5.41, 5.74) is 7.87. The van der Waals surface area contributed by atoms with Crippen molar-refractivity contribution >= 4 is 17.6 Å². The van der Waals surface area contributed by atoms with Crippen LogP contribution in [-0.4, -0.2) is 26.8 Å². The van der Waals surface area contributed by atoms with Gasteiger partial charge in [0.25, 0.3) is 5.91 Å². The minimum Gasteiger partial charge on any atom is -0.481 e. The molecule has 156 valence electrons. The molecule has 2 aromatic carbocycles. The van der Waals surface area contributed by atoms with E-state index in [1.54, 1.807) is 0 Å². The van der Waals surface area contributed by atoms with E-state index in [1.165, 1.54) is 0 Å². The number of carboxylic acids is 1. The van der Waals surface area contributed by atoms with E-state index in [2.05, 4.69) is 10.4 Å². The molecule has 0 aliphatic heterocycles. The molecule has 6 heteroatoms. The van der Waals surface area contributed by atoms with Crippen LogP contribution in [0.1, 0.15) is 49.6 Å². The zero-order valence-electron chi connectivity index (χ0n) is 18.0. The predicted octanol–water partition coefficient (Wildman–Crippen LogP) is 4.35. The average molecular weight is 405 g/mol. The highest BCUT2D eigenvalue weighted by atomic mass is 16.4. The highest BCUT2D eigenvalue weighted by Crippen LogP contribution is 2.20. The second-order valence-electron chi connectivity index (χ2n) is 7.80. The monoisotopic (exact) mass is 405 g/mol. The van der Waals surface area contributed by atoms with Crippen molar-refractivity contribution < 1.29 is 14.7 Å². The van der Waals surface area contributed by atoms with Crippen LogP contribution < -0.4 is 5.32 Å². The summed E-state index contributed by atoms with van der Waals surface area (Å²) in [6.07, 6.45) is -0.0273. The highest BCUT2D eigenvalue weighted by Gasteiger charge is 2.15. The van der Waals surface area contributed by atoms with Crippen LogP contribution in [-0.2, 0) is 17.8 Å². The molecule has 3 rings (SSSR count). The summed E-state index contributed by atoms with van der Waals surface area (Å²) in [7, 11) is 0. The van der Waals surface area contributed by atoms with Gasteiger partial charge in [-0.3, -0.25) is 14.3 Å². The second kappa shape index (κ2) is 8.53. The molecule has 6 nitrogen and oxygen atoms in total. The van der Waals surface area contributed by atoms with Gasteiger partial charge in [-0.15, -0.1) is 0 Å². The Bertz CT molecular complexity index is 1090. The van der Waals surface area contributed by atoms with Crippen LogP contribution in [0.4, 0.5) is 5.69 Å². The Hall–Kier alpha value is -3.41. The van der Waals surface area contributed by atoms with Crippen molar-refractivity contribution in [1.82, 2.24) is 9.78 Å². The van der Waals surface area contributed by atoms with Crippen molar-refractivity contribution in [3.05, 3.63) is 81.2 Å². The van der Waals surface area contributed by atoms with E-state index in [0.717, 1.165) is 44.9 Å². The number of hydrogen-bond donors (Lipinski definition) is 2. The van der Waals surface area contributed by atoms with Gasteiger partial charge in [-0.05, 0) is 63.4 Å². The molecule has 0 atom stereocenters. The molecule has 0 spiro atoms. The fourth-order valence-electron chi connectivity index (χ4n) is 3.89. The maximum atomic E-state index is 12.7. The second-order valence-corrected chi connectivity index (χ2v) is 7.80. The van der Waals surface area contributed by atoms with Gasteiger partial charge in [-0.1, -0.05) is 29.8 Å². The SMILES string of the molecule is Cc1cc(C)c(C(=O)Nc2ccc(Cn3nc(C)c(CC(=O)O)c3C)cc2)c(C)c1. The largest absolute Gasteiger partial charge is 0.481 e. The van der Waals surface area contributed by atoms with Gasteiger partial charge in [-0.25, -0.2) is 0 Å². The topological polar surface area (TPSA) is 84.2 Å². The molecule has 0 radical (unpaired) electrons. The maximum Gasteiger partial charge on any atom is 0.307 e. The summed E-state index contributed by atoms with van der Waals surface area (Å²) in [4.78, 5) is 23.8. The van der Waals surface area contributed by atoms with Crippen LogP contribution in [0.3, 0.4) is 0 Å². The highest BCUT2D eigenvalue weighted by molar-refractivity contribution is 6.06. The van der Waals surface area contributed by atoms with E-state index in [-0.39, 0.29) is 12.3 Å². The van der Waals surface area contributed by atoms with Crippen LogP contribution in [0, 0.1) is 34.6 Å². The predicted molar refractivity (Wildman–Crippen MR) is 117 cm³/mol. The van der Waals surface area contributed by atoms with Gasteiger partial charge in [-0.2, -0.15) is 5.10 Å². The first-order valence-corrected chi connectivity index (χ1v) is 9.88. The molecule has 0 aliphatic rings. The first kappa shape index (κ1) is 21.3. The molecule has 1 amide bonds. The molecule has 2 N–H and O–H groups in total. The summed E-state index contributed by atoms with van der Waals surface area (Å²) in [6.45, 7) is 10.2. The molecule has 0 fully saturated rings. The molecule has 0 saturated carbocycles. The van der Waals surface area contributed by atoms with Gasteiger partial charge in [0.05, 0.1) is 18.7 Å². The average Bonchev–Trinajstić information content (AvgIpc) is 2.89. The number of aliphatic carboxylic acids is 1. The fraction of sp³-hybridized carbons (Fsp3) is 0.292. The molecule has 0 unspecified atom stereocenters. The molecule has 0 bridgehead atoms. The lowest BCUT2D eigenvalue weighted by atomic mass is 9.99. The Morgan fingerprint density at radius 1 is 1.00 bits per heavy atom. The van der Waals surface area contributed by atoms with Crippen LogP contribution in [0.25, 0.3) is 0 Å². The smallest absolute Gasteiger partial charge is 0.307 e. The quantitative estimate of drug-likeness (QED) is 0.638. The molecule has 0 saturated heterocycles. The number of anilines is 1. The van der Waals surface area contributed by atoms with Gasteiger partial charge in [0.2, 0.25) is 0 Å². The summed E-state index contributed by atoms with van der Waals surface area (Å²) in [6, 6.07) is 11.7. The Kier molecular flexibility index (Phi) is 6.06. The van der Waals surface area contributed by atoms with Crippen molar-refractivity contribution in [3.63, 3.8) is 0 Å². The first-order chi connectivity index (χ1) is 14.2. The van der Waals surface area contributed by atoms with Crippen molar-refractivity contribution in [3.8, 4) is 0 Å². The van der Waals surface area contributed by atoms with E-state index < -0.39 is 5.97 Å². The van der Waals surface area contributed by atoms with Crippen molar-refractivity contribution in [2.75, 3.05) is 5.32 Å². The third-order valence-corrected chi connectivity index (χ3v) is 5.31. The number of aromatic nitrogens is 2. The number of nitrogens with one attached hydrogen (secondary N) is 1. The van der Waals surface area contributed by atoms with Crippen molar-refractivity contribution in [1.29, 1.82) is 0 Å². The number of aryl methyl sites for hydroxylation is 4. The van der Waals surface area contributed by atoms with E-state index in [0.29, 0.717) is 12.1 Å². The molecule has 1 heterocycles. The Balaban J connectivity index is 1.73. The summed E-state index contributed by atoms with van der Waals surface area (Å²) < 4.78 is 1.82. The standard InChI is InChI=1S/C24H27N3O3/c1-14-10-15(2)23(16(3)11-14)24(30)25-20-8-6-19(7-9-20)13-27-18(5)21(12-22(28)29)17(4)26-27/h6-11H,12-13H2,1-5H3,(H,25,30)(H,28,29). The van der Waals surface area contributed by atoms with Crippen molar-refractivity contribution in [2.45, 2.75) is 47.6 Å². The lowest BCUT2D eigenvalue weighted by molar-refractivity contribution is -0.136. The van der Waals surface area contributed by atoms with Crippen LogP contribution >= 0.6 is 0 Å². The number of carboxylic acid groups (broad SMARTS) is 1.